The van der Waals surface area contributed by atoms with E-state index in [1.807, 2.05) is 0 Å². The Bertz CT molecular complexity index is 1130. The molecule has 6 aliphatic heterocycles. The van der Waals surface area contributed by atoms with E-state index >= 15 is 0 Å². The molecule has 6 fully saturated rings. The Balaban J connectivity index is 0.000000251. The molecular weight excluding hydrogens is 694 g/mol. The summed E-state index contributed by atoms with van der Waals surface area (Å²) < 4.78 is 54.6. The van der Waals surface area contributed by atoms with E-state index in [0.717, 1.165) is 0 Å². The molecule has 0 aromatic heterocycles. The lowest BCUT2D eigenvalue weighted by atomic mass is 10.0. The predicted molar refractivity (Wildman–Crippen MR) is 176 cm³/mol. The molecule has 0 radical (unpaired) electrons. The number of esters is 1. The summed E-state index contributed by atoms with van der Waals surface area (Å²) in [4.78, 5) is 35.9. The van der Waals surface area contributed by atoms with Gasteiger partial charge < -0.3 is 79.5 Å². The molecule has 12 atom stereocenters. The predicted octanol–water partition coefficient (Wildman–Crippen LogP) is -2.64. The number of amides is 1. The van der Waals surface area contributed by atoms with Crippen LogP contribution in [0.3, 0.4) is 0 Å². The van der Waals surface area contributed by atoms with Crippen molar-refractivity contribution in [2.75, 3.05) is 66.4 Å². The summed E-state index contributed by atoms with van der Waals surface area (Å²) >= 11 is 0. The monoisotopic (exact) mass is 751 g/mol. The van der Waals surface area contributed by atoms with Gasteiger partial charge in [-0.2, -0.15) is 0 Å². The molecule has 52 heavy (non-hydrogen) atoms. The largest absolute Gasteiger partial charge is 0.469 e. The first-order valence-electron chi connectivity index (χ1n) is 17.7. The van der Waals surface area contributed by atoms with Crippen molar-refractivity contribution < 1.29 is 77.1 Å². The van der Waals surface area contributed by atoms with Gasteiger partial charge in [0.2, 0.25) is 5.91 Å². The van der Waals surface area contributed by atoms with Gasteiger partial charge in [-0.05, 0) is 27.2 Å². The fourth-order valence-corrected chi connectivity index (χ4v) is 6.54. The van der Waals surface area contributed by atoms with E-state index in [1.54, 1.807) is 20.8 Å². The number of carbonyl (C=O) groups is 3. The van der Waals surface area contributed by atoms with Gasteiger partial charge in [0.15, 0.2) is 17.4 Å². The topological polar surface area (TPSA) is 268 Å². The molecule has 6 heterocycles. The average Bonchev–Trinajstić information content (AvgIpc) is 3.78. The van der Waals surface area contributed by atoms with Crippen LogP contribution in [0.15, 0.2) is 0 Å². The highest BCUT2D eigenvalue weighted by atomic mass is 16.8. The highest BCUT2D eigenvalue weighted by Crippen LogP contribution is 2.35. The van der Waals surface area contributed by atoms with E-state index in [2.05, 4.69) is 10.1 Å². The van der Waals surface area contributed by atoms with Gasteiger partial charge in [-0.25, -0.2) is 0 Å². The fourth-order valence-electron chi connectivity index (χ4n) is 6.54. The van der Waals surface area contributed by atoms with E-state index in [4.69, 9.17) is 54.1 Å². The second-order valence-electron chi connectivity index (χ2n) is 14.1. The van der Waals surface area contributed by atoms with Crippen LogP contribution in [0.2, 0.25) is 0 Å². The van der Waals surface area contributed by atoms with Crippen LogP contribution in [0.4, 0.5) is 0 Å². The number of methoxy groups -OCH3 is 1. The van der Waals surface area contributed by atoms with Crippen LogP contribution in [0.25, 0.3) is 0 Å². The maximum atomic E-state index is 12.4. The molecule has 19 nitrogen and oxygen atoms in total. The first-order chi connectivity index (χ1) is 24.6. The summed E-state index contributed by atoms with van der Waals surface area (Å²) in [5.74, 6) is -3.99. The van der Waals surface area contributed by atoms with Crippen LogP contribution < -0.4 is 16.8 Å². The van der Waals surface area contributed by atoms with Crippen molar-refractivity contribution in [3.05, 3.63) is 0 Å². The minimum absolute atomic E-state index is 0.000556. The van der Waals surface area contributed by atoms with Gasteiger partial charge in [0.1, 0.15) is 60.7 Å². The lowest BCUT2D eigenvalue weighted by Crippen LogP contribution is -2.53. The van der Waals surface area contributed by atoms with Crippen molar-refractivity contribution in [1.82, 2.24) is 5.32 Å². The molecule has 6 aliphatic rings. The summed E-state index contributed by atoms with van der Waals surface area (Å²) in [6, 6.07) is 0. The molecule has 0 saturated carbocycles. The van der Waals surface area contributed by atoms with E-state index in [0.29, 0.717) is 32.7 Å². The third-order valence-corrected chi connectivity index (χ3v) is 9.31. The van der Waals surface area contributed by atoms with E-state index < -0.39 is 60.0 Å². The number of aliphatic hydroxyl groups excluding tert-OH is 3. The SMILES string of the molecule is CC1(CC(=O)CCCNC(=O)CC2(C)OCC3OCC(O)C3O2)OCC2OCC(O)C2O1.COC(=O)CC1(C)OCC2OCC(O)C2O1.NCCN. The Hall–Kier alpha value is -1.95. The Morgan fingerprint density at radius 1 is 0.673 bits per heavy atom. The van der Waals surface area contributed by atoms with Crippen molar-refractivity contribution in [1.29, 1.82) is 0 Å². The van der Waals surface area contributed by atoms with Gasteiger partial charge in [-0.1, -0.05) is 0 Å². The summed E-state index contributed by atoms with van der Waals surface area (Å²) in [5.41, 5.74) is 9.81. The van der Waals surface area contributed by atoms with E-state index in [9.17, 15) is 29.7 Å². The van der Waals surface area contributed by atoms with Crippen LogP contribution in [-0.4, -0.2) is 172 Å². The maximum Gasteiger partial charge on any atom is 0.310 e. The number of ketones is 1. The molecule has 0 aliphatic carbocycles. The van der Waals surface area contributed by atoms with Gasteiger partial charge in [0.05, 0.1) is 66.0 Å². The number of carbonyl (C=O) groups excluding carboxylic acids is 3. The van der Waals surface area contributed by atoms with Crippen LogP contribution in [-0.2, 0) is 61.8 Å². The molecule has 0 aromatic carbocycles. The number of nitrogens with two attached hydrogens (primary N) is 2. The number of hydrogen-bond donors (Lipinski definition) is 6. The molecule has 8 N–H and O–H groups in total. The van der Waals surface area contributed by atoms with Crippen molar-refractivity contribution in [2.45, 2.75) is 125 Å². The lowest BCUT2D eigenvalue weighted by molar-refractivity contribution is -0.309. The first kappa shape index (κ1) is 42.8. The summed E-state index contributed by atoms with van der Waals surface area (Å²) in [6.45, 7) is 8.02. The highest BCUT2D eigenvalue weighted by Gasteiger charge is 2.50. The van der Waals surface area contributed by atoms with Gasteiger partial charge in [0, 0.05) is 26.1 Å². The van der Waals surface area contributed by atoms with Gasteiger partial charge in [0.25, 0.3) is 0 Å². The zero-order valence-electron chi connectivity index (χ0n) is 30.4. The molecule has 300 valence electrons. The van der Waals surface area contributed by atoms with Crippen LogP contribution in [0.5, 0.6) is 0 Å². The second-order valence-corrected chi connectivity index (χ2v) is 14.1. The lowest BCUT2D eigenvalue weighted by Gasteiger charge is -2.40. The molecule has 0 spiro atoms. The molecule has 0 bridgehead atoms. The van der Waals surface area contributed by atoms with E-state index in [1.165, 1.54) is 7.11 Å². The zero-order valence-corrected chi connectivity index (χ0v) is 30.4. The third kappa shape index (κ3) is 11.8. The third-order valence-electron chi connectivity index (χ3n) is 9.31. The molecule has 6 saturated heterocycles. The molecule has 1 amide bonds. The molecule has 0 aromatic rings. The Kier molecular flexibility index (Phi) is 15.7. The zero-order chi connectivity index (χ0) is 38.1. The van der Waals surface area contributed by atoms with Crippen molar-refractivity contribution in [3.63, 3.8) is 0 Å². The Morgan fingerprint density at radius 2 is 1.08 bits per heavy atom. The van der Waals surface area contributed by atoms with Crippen molar-refractivity contribution in [3.8, 4) is 0 Å². The summed E-state index contributed by atoms with van der Waals surface area (Å²) in [6.07, 6.45) is -3.65. The first-order valence-corrected chi connectivity index (χ1v) is 17.7. The van der Waals surface area contributed by atoms with E-state index in [-0.39, 0.29) is 88.7 Å². The van der Waals surface area contributed by atoms with Crippen molar-refractivity contribution >= 4 is 17.7 Å². The minimum Gasteiger partial charge on any atom is -0.469 e. The van der Waals surface area contributed by atoms with Crippen LogP contribution in [0, 0.1) is 0 Å². The molecule has 12 unspecified atom stereocenters. The normalized spacial score (nSPS) is 40.5. The van der Waals surface area contributed by atoms with Gasteiger partial charge in [-0.15, -0.1) is 0 Å². The van der Waals surface area contributed by atoms with Crippen molar-refractivity contribution in [2.24, 2.45) is 11.5 Å². The number of ether oxygens (including phenoxy) is 10. The van der Waals surface area contributed by atoms with Gasteiger partial charge in [-0.3, -0.25) is 14.4 Å². The quantitative estimate of drug-likeness (QED) is 0.0930. The smallest absolute Gasteiger partial charge is 0.310 e. The number of Topliss-reactive ketones (excluding diaryl/α,β-unsaturated/α-hetero) is 1. The minimum atomic E-state index is -1.13. The number of nitrogens with one attached hydrogen (secondary N) is 1. The van der Waals surface area contributed by atoms with Crippen LogP contribution >= 0.6 is 0 Å². The Morgan fingerprint density at radius 3 is 1.48 bits per heavy atom. The summed E-state index contributed by atoms with van der Waals surface area (Å²) in [5, 5.41) is 32.3. The number of rotatable bonds is 11. The van der Waals surface area contributed by atoms with Gasteiger partial charge >= 0.3 is 5.97 Å². The maximum absolute atomic E-state index is 12.4. The number of fused-ring (bicyclic) bond motifs is 3. The highest BCUT2D eigenvalue weighted by molar-refractivity contribution is 5.79. The average molecular weight is 752 g/mol. The molecule has 6 rings (SSSR count). The molecular formula is C33H57N3O16. The molecule has 19 heteroatoms. The second kappa shape index (κ2) is 19.1. The Labute approximate surface area is 303 Å². The number of aliphatic hydroxyl groups is 3. The standard InChI is InChI=1S/C21H33NO10.C10H16O6.C2H8N2/c1-20(29-10-15-18(31-20)13(24)8-27-15)6-12(23)4-3-5-22-17(26)7-21(2)30-11-16-19(32-21)14(25)9-28-16;1-10(3-8(12)13-2)15-5-7-9(16-10)6(11)4-14-7;3-1-2-4/h13-16,18-19,24-25H,3-11H2,1-2H3,(H,22,26);6-7,9,11H,3-5H2,1-2H3;1-4H2. The fraction of sp³-hybridized carbons (Fsp3) is 0.909. The van der Waals surface area contributed by atoms with Crippen LogP contribution in [0.1, 0.15) is 52.9 Å². The number of hydrogen-bond acceptors (Lipinski definition) is 18. The summed E-state index contributed by atoms with van der Waals surface area (Å²) in [7, 11) is 1.31.